The normalized spacial score (nSPS) is 11.3. The zero-order valence-electron chi connectivity index (χ0n) is 17.2. The Morgan fingerprint density at radius 1 is 1.14 bits per heavy atom. The molecule has 2 aromatic carbocycles. The Balaban J connectivity index is 1.90. The van der Waals surface area contributed by atoms with E-state index in [0.717, 1.165) is 35.2 Å². The number of amides is 1. The van der Waals surface area contributed by atoms with Crippen molar-refractivity contribution in [1.82, 2.24) is 5.32 Å². The first kappa shape index (κ1) is 23.2. The molecule has 2 aromatic rings. The molecule has 0 heterocycles. The number of benzene rings is 2. The van der Waals surface area contributed by atoms with Crippen LogP contribution in [0.25, 0.3) is 0 Å². The van der Waals surface area contributed by atoms with Crippen molar-refractivity contribution in [3.63, 3.8) is 0 Å². The van der Waals surface area contributed by atoms with Gasteiger partial charge in [0, 0.05) is 24.5 Å². The van der Waals surface area contributed by atoms with E-state index in [9.17, 15) is 13.2 Å². The van der Waals surface area contributed by atoms with Crippen LogP contribution in [0.2, 0.25) is 5.02 Å². The number of hydrogen-bond donors (Lipinski definition) is 1. The van der Waals surface area contributed by atoms with Gasteiger partial charge in [0.05, 0.1) is 11.9 Å². The molecule has 0 radical (unpaired) electrons. The van der Waals surface area contributed by atoms with Crippen molar-refractivity contribution in [2.75, 3.05) is 23.7 Å². The lowest BCUT2D eigenvalue weighted by Gasteiger charge is -2.26. The van der Waals surface area contributed by atoms with Crippen molar-refractivity contribution in [1.29, 1.82) is 0 Å². The minimum atomic E-state index is -3.44. The van der Waals surface area contributed by atoms with Crippen LogP contribution in [0.4, 0.5) is 5.69 Å². The molecule has 0 fully saturated rings. The maximum Gasteiger partial charge on any atom is 0.232 e. The second-order valence-electron chi connectivity index (χ2n) is 7.10. The predicted molar refractivity (Wildman–Crippen MR) is 120 cm³/mol. The third-order valence-corrected chi connectivity index (χ3v) is 6.18. The zero-order valence-corrected chi connectivity index (χ0v) is 18.8. The number of carbonyl (C=O) groups is 1. The Kier molecular flexibility index (Phi) is 8.53. The first-order valence-electron chi connectivity index (χ1n) is 9.79. The fraction of sp³-hybridized carbons (Fsp3) is 0.409. The van der Waals surface area contributed by atoms with Crippen LogP contribution < -0.4 is 9.62 Å². The van der Waals surface area contributed by atoms with E-state index in [2.05, 4.69) is 5.32 Å². The van der Waals surface area contributed by atoms with Crippen molar-refractivity contribution in [2.45, 2.75) is 39.5 Å². The van der Waals surface area contributed by atoms with E-state index in [-0.39, 0.29) is 18.9 Å². The first-order valence-corrected chi connectivity index (χ1v) is 12.0. The van der Waals surface area contributed by atoms with Gasteiger partial charge in [-0.25, -0.2) is 8.42 Å². The zero-order chi connectivity index (χ0) is 21.4. The Morgan fingerprint density at radius 3 is 2.45 bits per heavy atom. The fourth-order valence-electron chi connectivity index (χ4n) is 3.27. The highest BCUT2D eigenvalue weighted by Crippen LogP contribution is 2.28. The summed E-state index contributed by atoms with van der Waals surface area (Å²) in [5.41, 5.74) is 3.75. The van der Waals surface area contributed by atoms with Crippen molar-refractivity contribution in [2.24, 2.45) is 0 Å². The smallest absolute Gasteiger partial charge is 0.232 e. The van der Waals surface area contributed by atoms with Crippen LogP contribution in [-0.4, -0.2) is 33.7 Å². The minimum Gasteiger partial charge on any atom is -0.356 e. The molecule has 0 aromatic heterocycles. The largest absolute Gasteiger partial charge is 0.356 e. The number of hydrogen-bond acceptors (Lipinski definition) is 3. The van der Waals surface area contributed by atoms with Gasteiger partial charge in [-0.3, -0.25) is 9.10 Å². The van der Waals surface area contributed by atoms with Gasteiger partial charge in [0.25, 0.3) is 0 Å². The average molecular weight is 437 g/mol. The molecule has 0 unspecified atom stereocenters. The number of rotatable bonds is 10. The topological polar surface area (TPSA) is 66.5 Å². The number of nitrogens with one attached hydrogen (secondary N) is 1. The summed E-state index contributed by atoms with van der Waals surface area (Å²) in [6.45, 7) is 4.73. The van der Waals surface area contributed by atoms with E-state index in [1.165, 1.54) is 10.6 Å². The van der Waals surface area contributed by atoms with Gasteiger partial charge < -0.3 is 5.32 Å². The average Bonchev–Trinajstić information content (AvgIpc) is 2.66. The summed E-state index contributed by atoms with van der Waals surface area (Å²) < 4.78 is 26.2. The molecule has 5 nitrogen and oxygen atoms in total. The molecule has 158 valence electrons. The monoisotopic (exact) mass is 436 g/mol. The van der Waals surface area contributed by atoms with Gasteiger partial charge in [-0.1, -0.05) is 48.9 Å². The van der Waals surface area contributed by atoms with Crippen molar-refractivity contribution >= 4 is 33.2 Å². The Labute approximate surface area is 179 Å². The molecular formula is C22H29ClN2O3S. The highest BCUT2D eigenvalue weighted by Gasteiger charge is 2.21. The second kappa shape index (κ2) is 10.6. The van der Waals surface area contributed by atoms with Crippen LogP contribution >= 0.6 is 11.6 Å². The fourth-order valence-corrected chi connectivity index (χ4v) is 4.45. The summed E-state index contributed by atoms with van der Waals surface area (Å²) >= 11 is 5.87. The van der Waals surface area contributed by atoms with Gasteiger partial charge in [-0.2, -0.15) is 0 Å². The SMILES string of the molecule is CCc1cccc(C)c1N(CCCC(=O)NCCc1ccc(Cl)cc1)S(C)(=O)=O. The number of nitrogens with zero attached hydrogens (tertiary/aromatic N) is 1. The van der Waals surface area contributed by atoms with Crippen LogP contribution in [0.1, 0.15) is 36.5 Å². The van der Waals surface area contributed by atoms with Gasteiger partial charge >= 0.3 is 0 Å². The number of halogens is 1. The lowest BCUT2D eigenvalue weighted by atomic mass is 10.1. The maximum atomic E-state index is 12.4. The number of anilines is 1. The van der Waals surface area contributed by atoms with E-state index in [4.69, 9.17) is 11.6 Å². The molecule has 0 saturated heterocycles. The lowest BCUT2D eigenvalue weighted by Crippen LogP contribution is -2.33. The molecule has 0 aliphatic carbocycles. The molecule has 0 atom stereocenters. The quantitative estimate of drug-likeness (QED) is 0.609. The summed E-state index contributed by atoms with van der Waals surface area (Å²) in [7, 11) is -3.44. The predicted octanol–water partition coefficient (Wildman–Crippen LogP) is 4.12. The third kappa shape index (κ3) is 7.05. The summed E-state index contributed by atoms with van der Waals surface area (Å²) in [4.78, 5) is 12.1. The van der Waals surface area contributed by atoms with Crippen molar-refractivity contribution in [3.05, 3.63) is 64.2 Å². The summed E-state index contributed by atoms with van der Waals surface area (Å²) in [5.74, 6) is -0.0760. The third-order valence-electron chi connectivity index (χ3n) is 4.77. The molecule has 7 heteroatoms. The minimum absolute atomic E-state index is 0.0760. The summed E-state index contributed by atoms with van der Waals surface area (Å²) in [5, 5.41) is 3.58. The standard InChI is InChI=1S/C22H29ClN2O3S/c1-4-19-8-5-7-17(2)22(19)25(29(3,27)28)16-6-9-21(26)24-15-14-18-10-12-20(23)13-11-18/h5,7-8,10-13H,4,6,9,14-16H2,1-3H3,(H,24,26). The van der Waals surface area contributed by atoms with Crippen LogP contribution in [0, 0.1) is 6.92 Å². The second-order valence-corrected chi connectivity index (χ2v) is 9.44. The summed E-state index contributed by atoms with van der Waals surface area (Å²) in [6, 6.07) is 13.3. The highest BCUT2D eigenvalue weighted by molar-refractivity contribution is 7.92. The van der Waals surface area contributed by atoms with Crippen LogP contribution in [-0.2, 0) is 27.7 Å². The Bertz CT molecular complexity index is 928. The van der Waals surface area contributed by atoms with Crippen molar-refractivity contribution in [3.8, 4) is 0 Å². The van der Waals surface area contributed by atoms with Crippen molar-refractivity contribution < 1.29 is 13.2 Å². The molecule has 0 saturated carbocycles. The molecule has 0 aliphatic rings. The molecule has 2 rings (SSSR count). The molecular weight excluding hydrogens is 408 g/mol. The molecule has 1 amide bonds. The van der Waals surface area contributed by atoms with Crippen LogP contribution in [0.3, 0.4) is 0 Å². The summed E-state index contributed by atoms with van der Waals surface area (Å²) in [6.07, 6.45) is 3.41. The maximum absolute atomic E-state index is 12.4. The molecule has 29 heavy (non-hydrogen) atoms. The van der Waals surface area contributed by atoms with Gasteiger partial charge in [-0.05, 0) is 55.0 Å². The van der Waals surface area contributed by atoms with Gasteiger partial charge in [-0.15, -0.1) is 0 Å². The van der Waals surface area contributed by atoms with E-state index in [0.29, 0.717) is 18.0 Å². The number of aryl methyl sites for hydroxylation is 2. The van der Waals surface area contributed by atoms with E-state index >= 15 is 0 Å². The molecule has 0 spiro atoms. The highest BCUT2D eigenvalue weighted by atomic mass is 35.5. The van der Waals surface area contributed by atoms with E-state index < -0.39 is 10.0 Å². The number of para-hydroxylation sites is 1. The first-order chi connectivity index (χ1) is 13.7. The Hall–Kier alpha value is -2.05. The van der Waals surface area contributed by atoms with Gasteiger partial charge in [0.2, 0.25) is 15.9 Å². The number of sulfonamides is 1. The molecule has 0 aliphatic heterocycles. The Morgan fingerprint density at radius 2 is 1.83 bits per heavy atom. The molecule has 0 bridgehead atoms. The van der Waals surface area contributed by atoms with E-state index in [1.54, 1.807) is 0 Å². The van der Waals surface area contributed by atoms with Gasteiger partial charge in [0.15, 0.2) is 0 Å². The molecule has 1 N–H and O–H groups in total. The van der Waals surface area contributed by atoms with Gasteiger partial charge in [0.1, 0.15) is 0 Å². The lowest BCUT2D eigenvalue weighted by molar-refractivity contribution is -0.121. The van der Waals surface area contributed by atoms with Crippen LogP contribution in [0.15, 0.2) is 42.5 Å². The van der Waals surface area contributed by atoms with Crippen LogP contribution in [0.5, 0.6) is 0 Å². The van der Waals surface area contributed by atoms with E-state index in [1.807, 2.05) is 56.3 Å². The number of carbonyl (C=O) groups excluding carboxylic acids is 1.